The molecule has 41 nitrogen and oxygen atoms in total. The smallest absolute Gasteiger partial charge is 0.305 e. The summed E-state index contributed by atoms with van der Waals surface area (Å²) in [6, 6.07) is -0.0554. The van der Waals surface area contributed by atoms with Crippen molar-refractivity contribution < 1.29 is 107 Å². The molecule has 132 heavy (non-hydrogen) atoms. The summed E-state index contributed by atoms with van der Waals surface area (Å²) in [5.41, 5.74) is 8.41. The van der Waals surface area contributed by atoms with Gasteiger partial charge in [-0.15, -0.1) is 11.8 Å². The van der Waals surface area contributed by atoms with E-state index in [0.717, 1.165) is 31.4 Å². The minimum absolute atomic E-state index is 0.0268. The van der Waals surface area contributed by atoms with Crippen LogP contribution < -0.4 is 53.6 Å². The van der Waals surface area contributed by atoms with Gasteiger partial charge in [-0.2, -0.15) is 0 Å². The third-order valence-corrected chi connectivity index (χ3v) is 25.2. The molecule has 0 radical (unpaired) electrons. The quantitative estimate of drug-likeness (QED) is 0.0383. The Morgan fingerprint density at radius 3 is 1.81 bits per heavy atom. The number of phenolic OH excluding ortho intramolecular Hbond substituents is 1. The van der Waals surface area contributed by atoms with Gasteiger partial charge in [0.15, 0.2) is 5.78 Å². The molecule has 0 aliphatic carbocycles. The Morgan fingerprint density at radius 2 is 1.18 bits per heavy atom. The number of hydrogen-bond acceptors (Lipinski definition) is 23. The minimum Gasteiger partial charge on any atom is -0.508 e. The lowest BCUT2D eigenvalue weighted by molar-refractivity contribution is -0.153. The molecular weight excluding hydrogens is 1730 g/mol. The van der Waals surface area contributed by atoms with Gasteiger partial charge in [0.25, 0.3) is 0 Å². The summed E-state index contributed by atoms with van der Waals surface area (Å²) in [5.74, 6) is -19.2. The maximum Gasteiger partial charge on any atom is 0.305 e. The second-order valence-corrected chi connectivity index (χ2v) is 35.4. The van der Waals surface area contributed by atoms with Gasteiger partial charge in [0.05, 0.1) is 68.6 Å². The average molecular weight is 1850 g/mol. The fourth-order valence-electron chi connectivity index (χ4n) is 17.0. The van der Waals surface area contributed by atoms with E-state index in [1.807, 2.05) is 13.8 Å². The molecule has 3 aromatic carbocycles. The van der Waals surface area contributed by atoms with Crippen LogP contribution >= 0.6 is 11.8 Å². The van der Waals surface area contributed by atoms with E-state index in [1.165, 1.54) is 62.7 Å². The van der Waals surface area contributed by atoms with E-state index < -0.39 is 242 Å². The highest BCUT2D eigenvalue weighted by Crippen LogP contribution is 2.29. The molecule has 42 heteroatoms. The number of nitrogens with zero attached hydrogens (tertiary/aromatic N) is 6. The van der Waals surface area contributed by atoms with Crippen LogP contribution in [0.3, 0.4) is 0 Å². The van der Waals surface area contributed by atoms with Crippen LogP contribution in [0.1, 0.15) is 134 Å². The number of carboxylic acid groups (broad SMARTS) is 1. The molecule has 6 aromatic rings. The highest BCUT2D eigenvalue weighted by atomic mass is 32.2. The number of likely N-dealkylation sites (N-methyl/N-ethyl adjacent to an activating group) is 2. The molecular formula is C90H121N19O22S. The number of carbonyl (C=O) groups is 17. The average Bonchev–Trinajstić information content (AvgIpc) is 1.50. The monoisotopic (exact) mass is 1850 g/mol. The number of ketones is 1. The van der Waals surface area contributed by atoms with Gasteiger partial charge in [-0.05, 0) is 85.9 Å². The molecule has 15 atom stereocenters. The number of aromatic amines is 3. The number of hydrogen-bond donors (Lipinski definition) is 17. The number of ether oxygens (including phenoxy) is 1. The number of Topliss-reactive ketones (excluding diaryl/α,β-unsaturated/α-hetero) is 1. The van der Waals surface area contributed by atoms with Crippen molar-refractivity contribution >= 4 is 134 Å². The van der Waals surface area contributed by atoms with Gasteiger partial charge in [0.1, 0.15) is 78.3 Å². The van der Waals surface area contributed by atoms with Crippen LogP contribution in [-0.4, -0.2) is 321 Å². The molecule has 0 bridgehead atoms. The molecule has 0 spiro atoms. The maximum atomic E-state index is 15.7. The van der Waals surface area contributed by atoms with Crippen LogP contribution in [0.25, 0.3) is 21.8 Å². The number of benzene rings is 3. The molecule has 4 aliphatic rings. The molecule has 714 valence electrons. The molecule has 15 amide bonds. The van der Waals surface area contributed by atoms with Crippen LogP contribution in [-0.2, 0) is 112 Å². The molecule has 0 saturated carbocycles. The van der Waals surface area contributed by atoms with E-state index in [4.69, 9.17) is 10.5 Å². The number of aliphatic hydroxyl groups is 2. The molecule has 3 aromatic heterocycles. The predicted octanol–water partition coefficient (Wildman–Crippen LogP) is -1.10. The zero-order valence-corrected chi connectivity index (χ0v) is 75.8. The van der Waals surface area contributed by atoms with Gasteiger partial charge in [0, 0.05) is 118 Å². The number of aromatic nitrogens is 4. The Bertz CT molecular complexity index is 5120. The van der Waals surface area contributed by atoms with Crippen molar-refractivity contribution in [1.82, 2.24) is 92.3 Å². The molecule has 18 N–H and O–H groups in total. The number of aliphatic carboxylic acids is 1. The number of aromatic hydroxyl groups is 1. The number of phenols is 1. The fraction of sp³-hybridized carbons (Fsp3) is 0.533. The number of para-hydroxylation sites is 2. The van der Waals surface area contributed by atoms with Crippen molar-refractivity contribution in [1.29, 1.82) is 0 Å². The number of nitrogens with two attached hydrogens (primary N) is 1. The SMILES string of the molecule is CCCC[C@H]1C(=O)N(C)[C@@H](CCCC)C(=O)N[C@@H](C)C(=O)N[C@H](C(=O)NCC(N)=O)CSCC(=O)N[C@@H](Cc2ccc(O)cc2)C(=O)N2CCOC[C@H]2C(=O)N[C@@H](CC(=O)O)C(=O)N2CCC[C@H]2C(=O)N[C@@H](Cc2c[nH]cn2)C(=O)N[C@@H](CC(C)C)C(=O)N2C[C@H](O)C[C@H]2C(=O)N[C@@H](Cc2c[nH]c3ccccc23)C(=O)C[C@@H](CO)C(=O)N[C@@H](Cc2c[nH]c3ccccc23)C(=O)N1C. The molecule has 4 fully saturated rings. The second-order valence-electron chi connectivity index (χ2n) is 34.4. The van der Waals surface area contributed by atoms with Crippen molar-refractivity contribution in [3.8, 4) is 5.75 Å². The van der Waals surface area contributed by atoms with E-state index in [1.54, 1.807) is 74.8 Å². The summed E-state index contributed by atoms with van der Waals surface area (Å²) in [5, 5.41) is 68.4. The number of carboxylic acids is 1. The van der Waals surface area contributed by atoms with Crippen molar-refractivity contribution in [2.75, 3.05) is 71.6 Å². The lowest BCUT2D eigenvalue weighted by Crippen LogP contribution is -2.63. The van der Waals surface area contributed by atoms with Gasteiger partial charge >= 0.3 is 5.97 Å². The van der Waals surface area contributed by atoms with Crippen LogP contribution in [0.15, 0.2) is 97.7 Å². The summed E-state index contributed by atoms with van der Waals surface area (Å²) in [6.07, 6.45) is 3.23. The summed E-state index contributed by atoms with van der Waals surface area (Å²) < 4.78 is 5.70. The topological polar surface area (TPSA) is 591 Å². The lowest BCUT2D eigenvalue weighted by atomic mass is 9.93. The number of primary amides is 1. The van der Waals surface area contributed by atoms with E-state index in [-0.39, 0.29) is 101 Å². The van der Waals surface area contributed by atoms with Crippen LogP contribution in [0.4, 0.5) is 0 Å². The first-order valence-corrected chi connectivity index (χ1v) is 45.7. The molecule has 0 unspecified atom stereocenters. The maximum absolute atomic E-state index is 15.7. The van der Waals surface area contributed by atoms with Crippen LogP contribution in [0, 0.1) is 11.8 Å². The normalized spacial score (nSPS) is 25.7. The van der Waals surface area contributed by atoms with E-state index >= 15 is 38.4 Å². The largest absolute Gasteiger partial charge is 0.508 e. The summed E-state index contributed by atoms with van der Waals surface area (Å²) in [6.45, 7) is 5.23. The van der Waals surface area contributed by atoms with Crippen LogP contribution in [0.5, 0.6) is 5.75 Å². The zero-order chi connectivity index (χ0) is 95.7. The second kappa shape index (κ2) is 47.8. The number of carbonyl (C=O) groups excluding carboxylic acids is 16. The van der Waals surface area contributed by atoms with Gasteiger partial charge in [-0.3, -0.25) is 81.5 Å². The number of thioether (sulfide) groups is 1. The standard InChI is InChI=1S/C90H121N19O22S/c1-8-10-21-69-82(122)97-50(5)78(118)104-68(80(120)95-42-75(91)114)46-132-47-76(115)98-65(32-51-24-26-56(111)27-25-51)87(127)108-29-30-131-45-73(108)85(125)103-67(38-77(116)117)88(128)107-28-16-23-70(107)83(123)100-63(36-55-41-92-48-96-55)81(121)102-64(31-49(3)4)89(129)109-43-57(112)37-72(109)84(124)99-62(33-52-39-93-60-19-14-12-17-58(52)60)74(113)35-54(44-110)79(119)101-66(34-53-40-94-61-20-15-13-18-59(53)61)86(126)106(7)71(22-11-9-2)90(130)105(69)6/h12-15,17-20,24-27,39-41,48-50,54,57,62-73,93-94,110-112H,8-11,16,21-23,28-38,42-47H2,1-7H3,(H2,91,114)(H,92,96)(H,95,120)(H,97,122)(H,98,115)(H,99,124)(H,100,123)(H,101,119)(H,102,121)(H,103,125)(H,104,118)(H,116,117)/t50-,54-,57+,62-,63-,64-,65-,66-,67-,68-,69-,70-,71-,72-,73-/m0/s1. The Balaban J connectivity index is 1.00. The first-order chi connectivity index (χ1) is 63.1. The van der Waals surface area contributed by atoms with Crippen molar-refractivity contribution in [2.24, 2.45) is 17.6 Å². The van der Waals surface area contributed by atoms with Crippen molar-refractivity contribution in [2.45, 2.75) is 222 Å². The number of unbranched alkanes of at least 4 members (excludes halogenated alkanes) is 2. The third kappa shape index (κ3) is 27.0. The van der Waals surface area contributed by atoms with Gasteiger partial charge in [0.2, 0.25) is 88.6 Å². The molecule has 4 aliphatic heterocycles. The number of rotatable bonds is 22. The number of imidazole rings is 1. The van der Waals surface area contributed by atoms with E-state index in [2.05, 4.69) is 67.8 Å². The fourth-order valence-corrected chi connectivity index (χ4v) is 17.8. The minimum atomic E-state index is -1.92. The van der Waals surface area contributed by atoms with Gasteiger partial charge in [-0.1, -0.05) is 102 Å². The number of fused-ring (bicyclic) bond motifs is 5. The third-order valence-electron chi connectivity index (χ3n) is 24.1. The number of aliphatic hydroxyl groups excluding tert-OH is 2. The van der Waals surface area contributed by atoms with Crippen molar-refractivity contribution in [3.63, 3.8) is 0 Å². The molecule has 10 rings (SSSR count). The Labute approximate surface area is 766 Å². The highest BCUT2D eigenvalue weighted by molar-refractivity contribution is 8.00. The van der Waals surface area contributed by atoms with Gasteiger partial charge in [-0.25, -0.2) is 4.98 Å². The first kappa shape index (κ1) is 101. The van der Waals surface area contributed by atoms with Crippen molar-refractivity contribution in [3.05, 3.63) is 120 Å². The molecule has 4 saturated heterocycles. The number of nitrogens with one attached hydrogen (secondary N) is 12. The highest BCUT2D eigenvalue weighted by Gasteiger charge is 2.48. The Morgan fingerprint density at radius 1 is 0.606 bits per heavy atom. The van der Waals surface area contributed by atoms with Crippen LogP contribution in [0.2, 0.25) is 0 Å². The summed E-state index contributed by atoms with van der Waals surface area (Å²) >= 11 is 0.777. The Hall–Kier alpha value is -12.8. The van der Waals surface area contributed by atoms with Gasteiger partial charge < -0.3 is 118 Å². The number of morpholine rings is 1. The van der Waals surface area contributed by atoms with E-state index in [9.17, 15) is 63.6 Å². The summed E-state index contributed by atoms with van der Waals surface area (Å²) in [4.78, 5) is 268. The lowest BCUT2D eigenvalue weighted by Gasteiger charge is -2.37. The van der Waals surface area contributed by atoms with E-state index in [0.29, 0.717) is 64.2 Å². The predicted molar refractivity (Wildman–Crippen MR) is 480 cm³/mol. The Kier molecular flexibility index (Phi) is 36.7. The summed E-state index contributed by atoms with van der Waals surface area (Å²) in [7, 11) is 2.73. The number of amides is 15. The first-order valence-electron chi connectivity index (χ1n) is 44.5. The molecule has 7 heterocycles. The number of H-pyrrole nitrogens is 3. The zero-order valence-electron chi connectivity index (χ0n) is 75.0.